The minimum absolute atomic E-state index is 0.0348. The van der Waals surface area contributed by atoms with Crippen molar-refractivity contribution in [3.8, 4) is 0 Å². The summed E-state index contributed by atoms with van der Waals surface area (Å²) in [5.41, 5.74) is 1.16. The number of carbonyl (C=O) groups is 1. The summed E-state index contributed by atoms with van der Waals surface area (Å²) < 4.78 is 1.81. The second-order valence-electron chi connectivity index (χ2n) is 5.38. The molecule has 0 saturated carbocycles. The first-order valence-electron chi connectivity index (χ1n) is 7.27. The molecular weight excluding hydrogens is 266 g/mol. The van der Waals surface area contributed by atoms with Gasteiger partial charge in [0.25, 0.3) is 5.91 Å². The number of anilines is 1. The number of hydrogen-bond donors (Lipinski definition) is 1. The highest BCUT2D eigenvalue weighted by molar-refractivity contribution is 5.98. The molecule has 2 aromatic rings. The van der Waals surface area contributed by atoms with Crippen LogP contribution in [0.4, 0.5) is 5.82 Å². The van der Waals surface area contributed by atoms with Gasteiger partial charge in [-0.25, -0.2) is 0 Å². The van der Waals surface area contributed by atoms with E-state index in [4.69, 9.17) is 0 Å². The quantitative estimate of drug-likeness (QED) is 0.932. The number of carbonyl (C=O) groups excluding carboxylic acids is 1. The van der Waals surface area contributed by atoms with Gasteiger partial charge in [0.2, 0.25) is 0 Å². The molecule has 5 nitrogen and oxygen atoms in total. The summed E-state index contributed by atoms with van der Waals surface area (Å²) in [6.45, 7) is 2.69. The van der Waals surface area contributed by atoms with Crippen LogP contribution in [0.1, 0.15) is 25.3 Å². The van der Waals surface area contributed by atoms with Crippen LogP contribution < -0.4 is 4.90 Å². The van der Waals surface area contributed by atoms with Crippen molar-refractivity contribution in [2.45, 2.75) is 38.5 Å². The summed E-state index contributed by atoms with van der Waals surface area (Å²) in [4.78, 5) is 13.7. The molecule has 0 bridgehead atoms. The van der Waals surface area contributed by atoms with E-state index in [-0.39, 0.29) is 11.9 Å². The van der Waals surface area contributed by atoms with Gasteiger partial charge in [0.05, 0.1) is 6.54 Å². The monoisotopic (exact) mass is 285 g/mol. The van der Waals surface area contributed by atoms with Crippen molar-refractivity contribution in [3.63, 3.8) is 0 Å². The summed E-state index contributed by atoms with van der Waals surface area (Å²) in [7, 11) is 0. The van der Waals surface area contributed by atoms with E-state index >= 15 is 0 Å². The van der Waals surface area contributed by atoms with Crippen LogP contribution in [0.2, 0.25) is 0 Å². The molecule has 110 valence electrons. The van der Waals surface area contributed by atoms with Crippen LogP contribution in [0.5, 0.6) is 0 Å². The highest BCUT2D eigenvalue weighted by Crippen LogP contribution is 2.27. The van der Waals surface area contributed by atoms with Crippen LogP contribution in [0.25, 0.3) is 0 Å². The fraction of sp³-hybridized carbons (Fsp3) is 0.375. The zero-order valence-electron chi connectivity index (χ0n) is 12.0. The molecule has 1 amide bonds. The lowest BCUT2D eigenvalue weighted by atomic mass is 10.1. The number of benzene rings is 1. The molecule has 0 unspecified atom stereocenters. The first-order chi connectivity index (χ1) is 10.2. The maximum atomic E-state index is 12.1. The Morgan fingerprint density at radius 3 is 2.76 bits per heavy atom. The molecule has 0 aliphatic carbocycles. The number of aliphatic hydroxyl groups excluding tert-OH is 1. The third-order valence-corrected chi connectivity index (χ3v) is 3.92. The van der Waals surface area contributed by atoms with Crippen LogP contribution >= 0.6 is 0 Å². The molecule has 2 heterocycles. The van der Waals surface area contributed by atoms with E-state index in [0.29, 0.717) is 18.8 Å². The molecular formula is C16H19N3O2. The third-order valence-electron chi connectivity index (χ3n) is 3.92. The first kappa shape index (κ1) is 13.8. The minimum atomic E-state index is -0.894. The molecule has 1 aliphatic heterocycles. The van der Waals surface area contributed by atoms with Gasteiger partial charge in [-0.1, -0.05) is 37.3 Å². The molecule has 1 saturated heterocycles. The van der Waals surface area contributed by atoms with Gasteiger partial charge in [0, 0.05) is 24.7 Å². The predicted octanol–water partition coefficient (Wildman–Crippen LogP) is 1.81. The van der Waals surface area contributed by atoms with Gasteiger partial charge in [-0.15, -0.1) is 0 Å². The van der Waals surface area contributed by atoms with E-state index in [9.17, 15) is 9.90 Å². The minimum Gasteiger partial charge on any atom is -0.383 e. The molecule has 1 aromatic heterocycles. The standard InChI is InChI=1S/C16H19N3O2/c1-2-13-10-14(20)16(21)19(13)15-8-9-18(17-15)11-12-6-4-3-5-7-12/h3-9,13-14,20H,2,10-11H2,1H3/t13-,14-/m1/s1. The summed E-state index contributed by atoms with van der Waals surface area (Å²) in [6.07, 6.45) is 2.27. The van der Waals surface area contributed by atoms with Gasteiger partial charge < -0.3 is 5.11 Å². The molecule has 1 N–H and O–H groups in total. The largest absolute Gasteiger partial charge is 0.383 e. The topological polar surface area (TPSA) is 58.4 Å². The van der Waals surface area contributed by atoms with Crippen molar-refractivity contribution >= 4 is 11.7 Å². The average molecular weight is 285 g/mol. The molecule has 0 radical (unpaired) electrons. The maximum absolute atomic E-state index is 12.1. The van der Waals surface area contributed by atoms with E-state index in [0.717, 1.165) is 12.0 Å². The smallest absolute Gasteiger partial charge is 0.257 e. The summed E-state index contributed by atoms with van der Waals surface area (Å²) >= 11 is 0. The number of amides is 1. The Balaban J connectivity index is 1.80. The zero-order chi connectivity index (χ0) is 14.8. The van der Waals surface area contributed by atoms with Crippen LogP contribution in [0.15, 0.2) is 42.6 Å². The number of aromatic nitrogens is 2. The van der Waals surface area contributed by atoms with E-state index in [1.165, 1.54) is 0 Å². The number of nitrogens with zero attached hydrogens (tertiary/aromatic N) is 3. The molecule has 2 atom stereocenters. The highest BCUT2D eigenvalue weighted by atomic mass is 16.3. The van der Waals surface area contributed by atoms with Gasteiger partial charge >= 0.3 is 0 Å². The highest BCUT2D eigenvalue weighted by Gasteiger charge is 2.39. The Kier molecular flexibility index (Phi) is 3.75. The Bertz CT molecular complexity index is 623. The lowest BCUT2D eigenvalue weighted by molar-refractivity contribution is -0.124. The number of aliphatic hydroxyl groups is 1. The van der Waals surface area contributed by atoms with E-state index in [1.807, 2.05) is 54.2 Å². The summed E-state index contributed by atoms with van der Waals surface area (Å²) in [5, 5.41) is 14.2. The Morgan fingerprint density at radius 1 is 1.29 bits per heavy atom. The fourth-order valence-corrected chi connectivity index (χ4v) is 2.79. The van der Waals surface area contributed by atoms with Crippen LogP contribution in [-0.4, -0.2) is 32.9 Å². The Morgan fingerprint density at radius 2 is 2.05 bits per heavy atom. The van der Waals surface area contributed by atoms with Crippen LogP contribution in [0.3, 0.4) is 0 Å². The maximum Gasteiger partial charge on any atom is 0.257 e. The van der Waals surface area contributed by atoms with Gasteiger partial charge in [-0.3, -0.25) is 14.4 Å². The fourth-order valence-electron chi connectivity index (χ4n) is 2.79. The Hall–Kier alpha value is -2.14. The average Bonchev–Trinajstić information content (AvgIpc) is 3.05. The Labute approximate surface area is 123 Å². The lowest BCUT2D eigenvalue weighted by Gasteiger charge is -2.20. The van der Waals surface area contributed by atoms with Crippen LogP contribution in [-0.2, 0) is 11.3 Å². The molecule has 21 heavy (non-hydrogen) atoms. The van der Waals surface area contributed by atoms with E-state index in [2.05, 4.69) is 5.10 Å². The van der Waals surface area contributed by atoms with Gasteiger partial charge in [-0.05, 0) is 12.0 Å². The second kappa shape index (κ2) is 5.69. The van der Waals surface area contributed by atoms with Gasteiger partial charge in [0.1, 0.15) is 6.10 Å². The molecule has 5 heteroatoms. The molecule has 3 rings (SSSR count). The van der Waals surface area contributed by atoms with Gasteiger partial charge in [-0.2, -0.15) is 5.10 Å². The van der Waals surface area contributed by atoms with E-state index < -0.39 is 6.10 Å². The number of rotatable bonds is 4. The molecule has 1 aliphatic rings. The lowest BCUT2D eigenvalue weighted by Crippen LogP contribution is -2.34. The van der Waals surface area contributed by atoms with Crippen molar-refractivity contribution < 1.29 is 9.90 Å². The van der Waals surface area contributed by atoms with Crippen molar-refractivity contribution in [2.75, 3.05) is 4.90 Å². The van der Waals surface area contributed by atoms with Crippen LogP contribution in [0, 0.1) is 0 Å². The normalized spacial score (nSPS) is 22.0. The van der Waals surface area contributed by atoms with Crippen molar-refractivity contribution in [1.82, 2.24) is 9.78 Å². The van der Waals surface area contributed by atoms with Crippen molar-refractivity contribution in [1.29, 1.82) is 0 Å². The third kappa shape index (κ3) is 2.69. The van der Waals surface area contributed by atoms with E-state index in [1.54, 1.807) is 4.90 Å². The summed E-state index contributed by atoms with van der Waals surface area (Å²) in [5.74, 6) is 0.381. The SMILES string of the molecule is CC[C@@H]1C[C@@H](O)C(=O)N1c1ccn(Cc2ccccc2)n1. The van der Waals surface area contributed by atoms with Crippen molar-refractivity contribution in [2.24, 2.45) is 0 Å². The van der Waals surface area contributed by atoms with Crippen molar-refractivity contribution in [3.05, 3.63) is 48.2 Å². The second-order valence-corrected chi connectivity index (χ2v) is 5.38. The molecule has 1 aromatic carbocycles. The van der Waals surface area contributed by atoms with Gasteiger partial charge in [0.15, 0.2) is 5.82 Å². The molecule has 1 fully saturated rings. The predicted molar refractivity (Wildman–Crippen MR) is 80.0 cm³/mol. The first-order valence-corrected chi connectivity index (χ1v) is 7.27. The summed E-state index contributed by atoms with van der Waals surface area (Å²) in [6, 6.07) is 11.9. The molecule has 0 spiro atoms. The zero-order valence-corrected chi connectivity index (χ0v) is 12.0. The number of hydrogen-bond acceptors (Lipinski definition) is 3.